The molecule has 12 heavy (non-hydrogen) atoms. The summed E-state index contributed by atoms with van der Waals surface area (Å²) in [4.78, 5) is 10.6. The highest BCUT2D eigenvalue weighted by molar-refractivity contribution is 5.73. The smallest absolute Gasteiger partial charge is 0.311 e. The quantitative estimate of drug-likeness (QED) is 0.626. The molecule has 0 unspecified atom stereocenters. The van der Waals surface area contributed by atoms with Gasteiger partial charge < -0.3 is 9.84 Å². The van der Waals surface area contributed by atoms with Crippen LogP contribution < -0.4 is 0 Å². The van der Waals surface area contributed by atoms with Crippen molar-refractivity contribution in [1.82, 2.24) is 0 Å². The summed E-state index contributed by atoms with van der Waals surface area (Å²) < 4.78 is 5.22. The first-order valence-electron chi connectivity index (χ1n) is 4.32. The van der Waals surface area contributed by atoms with Gasteiger partial charge >= 0.3 is 5.97 Å². The molecule has 0 aliphatic carbocycles. The van der Waals surface area contributed by atoms with Crippen molar-refractivity contribution in [3.05, 3.63) is 0 Å². The van der Waals surface area contributed by atoms with E-state index in [1.165, 1.54) is 0 Å². The first-order valence-corrected chi connectivity index (χ1v) is 4.32. The zero-order chi connectivity index (χ0) is 9.61. The summed E-state index contributed by atoms with van der Waals surface area (Å²) in [7, 11) is 0. The molecule has 0 aromatic rings. The Balaban J connectivity index is 3.54. The number of ether oxygens (including phenoxy) is 1. The average Bonchev–Trinajstić information content (AvgIpc) is 1.98. The maximum absolute atomic E-state index is 10.6. The molecule has 0 rings (SSSR count). The lowest BCUT2D eigenvalue weighted by Gasteiger charge is -2.18. The van der Waals surface area contributed by atoms with Gasteiger partial charge in [-0.3, -0.25) is 4.79 Å². The normalized spacial score (nSPS) is 11.6. The lowest BCUT2D eigenvalue weighted by atomic mass is 9.95. The zero-order valence-electron chi connectivity index (χ0n) is 8.09. The number of rotatable bonds is 6. The van der Waals surface area contributed by atoms with Crippen LogP contribution in [0, 0.1) is 5.41 Å². The largest absolute Gasteiger partial charge is 0.481 e. The number of unbranched alkanes of at least 4 members (excludes halogenated alkanes) is 1. The molecule has 3 nitrogen and oxygen atoms in total. The van der Waals surface area contributed by atoms with Gasteiger partial charge in [0, 0.05) is 6.61 Å². The van der Waals surface area contributed by atoms with E-state index in [4.69, 9.17) is 9.84 Å². The van der Waals surface area contributed by atoms with Gasteiger partial charge in [-0.25, -0.2) is 0 Å². The van der Waals surface area contributed by atoms with Crippen LogP contribution in [-0.2, 0) is 9.53 Å². The molecule has 0 bridgehead atoms. The summed E-state index contributed by atoms with van der Waals surface area (Å²) in [6.45, 7) is 6.36. The van der Waals surface area contributed by atoms with E-state index >= 15 is 0 Å². The molecule has 0 amide bonds. The Morgan fingerprint density at radius 1 is 1.50 bits per heavy atom. The van der Waals surface area contributed by atoms with Gasteiger partial charge in [0.25, 0.3) is 0 Å². The van der Waals surface area contributed by atoms with Gasteiger partial charge in [0.05, 0.1) is 12.0 Å². The van der Waals surface area contributed by atoms with Crippen molar-refractivity contribution >= 4 is 5.97 Å². The molecule has 0 aromatic heterocycles. The van der Waals surface area contributed by atoms with E-state index in [0.717, 1.165) is 12.8 Å². The Hall–Kier alpha value is -0.570. The molecule has 0 aliphatic rings. The van der Waals surface area contributed by atoms with Crippen LogP contribution in [0.2, 0.25) is 0 Å². The van der Waals surface area contributed by atoms with Crippen molar-refractivity contribution in [2.75, 3.05) is 13.2 Å². The highest BCUT2D eigenvalue weighted by Crippen LogP contribution is 2.15. The second kappa shape index (κ2) is 5.14. The molecule has 0 spiro atoms. The van der Waals surface area contributed by atoms with Crippen LogP contribution in [-0.4, -0.2) is 24.3 Å². The van der Waals surface area contributed by atoms with Gasteiger partial charge in [-0.2, -0.15) is 0 Å². The van der Waals surface area contributed by atoms with Gasteiger partial charge in [0.15, 0.2) is 0 Å². The third kappa shape index (κ3) is 4.34. The standard InChI is InChI=1S/C9H18O3/c1-4-5-6-12-7-9(2,3)8(10)11/h4-7H2,1-3H3,(H,10,11). The number of aliphatic carboxylic acids is 1. The topological polar surface area (TPSA) is 46.5 Å². The van der Waals surface area contributed by atoms with E-state index in [1.807, 2.05) is 0 Å². The van der Waals surface area contributed by atoms with Crippen molar-refractivity contribution in [3.63, 3.8) is 0 Å². The Morgan fingerprint density at radius 2 is 2.08 bits per heavy atom. The predicted molar refractivity (Wildman–Crippen MR) is 47.1 cm³/mol. The van der Waals surface area contributed by atoms with Crippen LogP contribution >= 0.6 is 0 Å². The van der Waals surface area contributed by atoms with Crippen molar-refractivity contribution in [1.29, 1.82) is 0 Å². The number of carboxylic acids is 1. The summed E-state index contributed by atoms with van der Waals surface area (Å²) >= 11 is 0. The van der Waals surface area contributed by atoms with Crippen molar-refractivity contribution in [2.45, 2.75) is 33.6 Å². The Kier molecular flexibility index (Phi) is 4.90. The summed E-state index contributed by atoms with van der Waals surface area (Å²) in [5, 5.41) is 8.72. The molecule has 72 valence electrons. The number of carboxylic acid groups (broad SMARTS) is 1. The molecule has 0 saturated heterocycles. The molecule has 3 heteroatoms. The first kappa shape index (κ1) is 11.4. The third-order valence-electron chi connectivity index (χ3n) is 1.68. The van der Waals surface area contributed by atoms with Crippen LogP contribution in [0.1, 0.15) is 33.6 Å². The van der Waals surface area contributed by atoms with Crippen LogP contribution in [0.15, 0.2) is 0 Å². The molecular weight excluding hydrogens is 156 g/mol. The Morgan fingerprint density at radius 3 is 2.50 bits per heavy atom. The molecule has 1 N–H and O–H groups in total. The van der Waals surface area contributed by atoms with Gasteiger partial charge in [0.1, 0.15) is 0 Å². The second-order valence-electron chi connectivity index (χ2n) is 3.60. The molecule has 0 aromatic carbocycles. The minimum atomic E-state index is -0.806. The SMILES string of the molecule is CCCCOCC(C)(C)C(=O)O. The minimum absolute atomic E-state index is 0.294. The Labute approximate surface area is 73.7 Å². The van der Waals surface area contributed by atoms with Crippen molar-refractivity contribution < 1.29 is 14.6 Å². The molecular formula is C9H18O3. The second-order valence-corrected chi connectivity index (χ2v) is 3.60. The number of carbonyl (C=O) groups is 1. The highest BCUT2D eigenvalue weighted by atomic mass is 16.5. The monoisotopic (exact) mass is 174 g/mol. The molecule has 0 fully saturated rings. The minimum Gasteiger partial charge on any atom is -0.481 e. The fourth-order valence-corrected chi connectivity index (χ4v) is 0.635. The van der Waals surface area contributed by atoms with Crippen LogP contribution in [0.3, 0.4) is 0 Å². The molecule has 0 saturated carbocycles. The summed E-state index contributed by atoms with van der Waals surface area (Å²) in [6.07, 6.45) is 2.07. The number of hydrogen-bond donors (Lipinski definition) is 1. The van der Waals surface area contributed by atoms with E-state index in [9.17, 15) is 4.79 Å². The number of hydrogen-bond acceptors (Lipinski definition) is 2. The first-order chi connectivity index (χ1) is 5.50. The van der Waals surface area contributed by atoms with Crippen LogP contribution in [0.5, 0.6) is 0 Å². The van der Waals surface area contributed by atoms with Crippen molar-refractivity contribution in [3.8, 4) is 0 Å². The molecule has 0 heterocycles. The van der Waals surface area contributed by atoms with E-state index in [1.54, 1.807) is 13.8 Å². The molecule has 0 radical (unpaired) electrons. The van der Waals surface area contributed by atoms with Gasteiger partial charge in [-0.05, 0) is 20.3 Å². The summed E-state index contributed by atoms with van der Waals surface area (Å²) in [6, 6.07) is 0. The van der Waals surface area contributed by atoms with E-state index < -0.39 is 11.4 Å². The average molecular weight is 174 g/mol. The maximum atomic E-state index is 10.6. The van der Waals surface area contributed by atoms with Gasteiger partial charge in [-0.15, -0.1) is 0 Å². The van der Waals surface area contributed by atoms with Gasteiger partial charge in [-0.1, -0.05) is 13.3 Å². The van der Waals surface area contributed by atoms with E-state index in [-0.39, 0.29) is 0 Å². The maximum Gasteiger partial charge on any atom is 0.311 e. The lowest BCUT2D eigenvalue weighted by Crippen LogP contribution is -2.29. The van der Waals surface area contributed by atoms with E-state index in [0.29, 0.717) is 13.2 Å². The molecule has 0 aliphatic heterocycles. The summed E-state index contributed by atoms with van der Waals surface area (Å²) in [5.74, 6) is -0.806. The zero-order valence-corrected chi connectivity index (χ0v) is 8.09. The third-order valence-corrected chi connectivity index (χ3v) is 1.68. The Bertz CT molecular complexity index is 141. The van der Waals surface area contributed by atoms with Crippen LogP contribution in [0.4, 0.5) is 0 Å². The summed E-state index contributed by atoms with van der Waals surface area (Å²) in [5.41, 5.74) is -0.756. The van der Waals surface area contributed by atoms with Crippen molar-refractivity contribution in [2.24, 2.45) is 5.41 Å². The fraction of sp³-hybridized carbons (Fsp3) is 0.889. The molecule has 0 atom stereocenters. The lowest BCUT2D eigenvalue weighted by molar-refractivity contribution is -0.150. The fourth-order valence-electron chi connectivity index (χ4n) is 0.635. The van der Waals surface area contributed by atoms with Gasteiger partial charge in [0.2, 0.25) is 0 Å². The van der Waals surface area contributed by atoms with Crippen LogP contribution in [0.25, 0.3) is 0 Å². The predicted octanol–water partition coefficient (Wildman–Crippen LogP) is 1.91. The van der Waals surface area contributed by atoms with E-state index in [2.05, 4.69) is 6.92 Å². The highest BCUT2D eigenvalue weighted by Gasteiger charge is 2.26.